The van der Waals surface area contributed by atoms with E-state index in [9.17, 15) is 13.2 Å². The van der Waals surface area contributed by atoms with Crippen LogP contribution in [0.1, 0.15) is 25.3 Å². The summed E-state index contributed by atoms with van der Waals surface area (Å²) in [6.07, 6.45) is 2.04. The van der Waals surface area contributed by atoms with Crippen molar-refractivity contribution < 1.29 is 17.9 Å². The van der Waals surface area contributed by atoms with Gasteiger partial charge in [-0.05, 0) is 44.4 Å². The molecule has 1 fully saturated rings. The van der Waals surface area contributed by atoms with E-state index in [1.54, 1.807) is 17.9 Å². The second-order valence-electron chi connectivity index (χ2n) is 5.09. The molecular weight excluding hydrogens is 314 g/mol. The summed E-state index contributed by atoms with van der Waals surface area (Å²) in [5.41, 5.74) is 0.751. The molecule has 0 aromatic heterocycles. The van der Waals surface area contributed by atoms with Crippen molar-refractivity contribution in [3.63, 3.8) is 0 Å². The molecule has 0 aliphatic heterocycles. The smallest absolute Gasteiger partial charge is 0.264 e. The summed E-state index contributed by atoms with van der Waals surface area (Å²) >= 11 is 0. The number of carbonyl (C=O) groups excluding carboxylic acids is 1. The van der Waals surface area contributed by atoms with E-state index >= 15 is 0 Å². The maximum Gasteiger partial charge on any atom is 0.264 e. The number of hydrogen-bond donors (Lipinski definition) is 0. The third kappa shape index (κ3) is 4.11. The van der Waals surface area contributed by atoms with Crippen LogP contribution in [-0.2, 0) is 13.8 Å². The van der Waals surface area contributed by atoms with E-state index < -0.39 is 9.05 Å². The van der Waals surface area contributed by atoms with E-state index in [1.165, 1.54) is 12.1 Å². The van der Waals surface area contributed by atoms with Gasteiger partial charge >= 0.3 is 0 Å². The summed E-state index contributed by atoms with van der Waals surface area (Å²) in [5, 5.41) is 0. The molecule has 0 spiro atoms. The predicted molar refractivity (Wildman–Crippen MR) is 80.1 cm³/mol. The van der Waals surface area contributed by atoms with Crippen LogP contribution in [0.5, 0.6) is 5.75 Å². The number of halogens is 1. The number of likely N-dealkylation sites (N-methyl/N-ethyl adjacent to an activating group) is 1. The first-order valence-electron chi connectivity index (χ1n) is 6.80. The molecule has 1 saturated carbocycles. The zero-order valence-corrected chi connectivity index (χ0v) is 13.6. The molecule has 1 aromatic carbocycles. The van der Waals surface area contributed by atoms with E-state index in [2.05, 4.69) is 0 Å². The molecule has 1 aliphatic carbocycles. The number of aryl methyl sites for hydroxylation is 1. The Morgan fingerprint density at radius 3 is 2.62 bits per heavy atom. The van der Waals surface area contributed by atoms with Gasteiger partial charge in [-0.25, -0.2) is 8.42 Å². The lowest BCUT2D eigenvalue weighted by molar-refractivity contribution is -0.133. The number of hydrogen-bond acceptors (Lipinski definition) is 4. The van der Waals surface area contributed by atoms with Gasteiger partial charge in [-0.15, -0.1) is 0 Å². The lowest BCUT2D eigenvalue weighted by Gasteiger charge is -2.20. The molecule has 1 amide bonds. The lowest BCUT2D eigenvalue weighted by atomic mass is 10.2. The first-order valence-corrected chi connectivity index (χ1v) is 9.11. The largest absolute Gasteiger partial charge is 0.482 e. The number of carbonyl (C=O) groups is 1. The normalized spacial score (nSPS) is 14.8. The van der Waals surface area contributed by atoms with Gasteiger partial charge in [0.05, 0.1) is 0 Å². The minimum absolute atomic E-state index is 0.105. The van der Waals surface area contributed by atoms with Crippen LogP contribution < -0.4 is 4.74 Å². The standard InChI is InChI=1S/C14H18ClNO4S/c1-3-16(11-5-6-11)14(17)9-20-12-7-4-10(2)8-13(12)21(15,18)19/h4,7-8,11H,3,5-6,9H2,1-2H3. The van der Waals surface area contributed by atoms with Crippen molar-refractivity contribution in [2.75, 3.05) is 13.2 Å². The molecule has 116 valence electrons. The number of nitrogens with zero attached hydrogens (tertiary/aromatic N) is 1. The molecule has 0 atom stereocenters. The van der Waals surface area contributed by atoms with Crippen LogP contribution in [0.2, 0.25) is 0 Å². The molecule has 0 saturated heterocycles. The van der Waals surface area contributed by atoms with Crippen LogP contribution in [0.3, 0.4) is 0 Å². The molecule has 5 nitrogen and oxygen atoms in total. The highest BCUT2D eigenvalue weighted by atomic mass is 35.7. The van der Waals surface area contributed by atoms with E-state index in [0.29, 0.717) is 12.6 Å². The van der Waals surface area contributed by atoms with Gasteiger partial charge in [-0.2, -0.15) is 0 Å². The maximum atomic E-state index is 12.1. The van der Waals surface area contributed by atoms with Crippen molar-refractivity contribution >= 4 is 25.6 Å². The number of rotatable bonds is 6. The fourth-order valence-corrected chi connectivity index (χ4v) is 3.23. The zero-order valence-electron chi connectivity index (χ0n) is 12.0. The molecule has 21 heavy (non-hydrogen) atoms. The van der Waals surface area contributed by atoms with Gasteiger partial charge in [0.15, 0.2) is 6.61 Å². The van der Waals surface area contributed by atoms with Crippen LogP contribution in [0.15, 0.2) is 23.1 Å². The summed E-state index contributed by atoms with van der Waals surface area (Å²) in [7, 11) is 1.49. The van der Waals surface area contributed by atoms with E-state index in [-0.39, 0.29) is 23.2 Å². The summed E-state index contributed by atoms with van der Waals surface area (Å²) in [5.74, 6) is -0.0331. The van der Waals surface area contributed by atoms with Crippen LogP contribution >= 0.6 is 10.7 Å². The Hall–Kier alpha value is -1.27. The van der Waals surface area contributed by atoms with Crippen molar-refractivity contribution in [1.82, 2.24) is 4.90 Å². The second kappa shape index (κ2) is 6.23. The summed E-state index contributed by atoms with van der Waals surface area (Å²) in [4.78, 5) is 13.7. The second-order valence-corrected chi connectivity index (χ2v) is 7.62. The summed E-state index contributed by atoms with van der Waals surface area (Å²) in [6, 6.07) is 4.97. The van der Waals surface area contributed by atoms with Gasteiger partial charge in [0.1, 0.15) is 10.6 Å². The zero-order chi connectivity index (χ0) is 15.6. The Kier molecular flexibility index (Phi) is 4.78. The topological polar surface area (TPSA) is 63.7 Å². The third-order valence-corrected chi connectivity index (χ3v) is 4.70. The van der Waals surface area contributed by atoms with Crippen molar-refractivity contribution in [1.29, 1.82) is 0 Å². The number of amides is 1. The Balaban J connectivity index is 2.11. The molecule has 0 bridgehead atoms. The van der Waals surface area contributed by atoms with Crippen LogP contribution in [0.25, 0.3) is 0 Å². The average Bonchev–Trinajstić information content (AvgIpc) is 3.21. The van der Waals surface area contributed by atoms with E-state index in [1.807, 2.05) is 6.92 Å². The van der Waals surface area contributed by atoms with Gasteiger partial charge in [-0.3, -0.25) is 4.79 Å². The number of ether oxygens (including phenoxy) is 1. The lowest BCUT2D eigenvalue weighted by Crippen LogP contribution is -2.36. The predicted octanol–water partition coefficient (Wildman–Crippen LogP) is 2.31. The van der Waals surface area contributed by atoms with Gasteiger partial charge in [-0.1, -0.05) is 6.07 Å². The quantitative estimate of drug-likeness (QED) is 0.750. The van der Waals surface area contributed by atoms with Crippen LogP contribution in [0.4, 0.5) is 0 Å². The maximum absolute atomic E-state index is 12.1. The molecule has 1 aromatic rings. The first-order chi connectivity index (χ1) is 9.82. The molecule has 1 aliphatic rings. The van der Waals surface area contributed by atoms with Crippen molar-refractivity contribution in [3.8, 4) is 5.75 Å². The molecule has 0 N–H and O–H groups in total. The van der Waals surface area contributed by atoms with Crippen LogP contribution in [-0.4, -0.2) is 38.4 Å². The van der Waals surface area contributed by atoms with Crippen molar-refractivity contribution in [2.24, 2.45) is 0 Å². The third-order valence-electron chi connectivity index (χ3n) is 3.36. The Morgan fingerprint density at radius 2 is 2.10 bits per heavy atom. The minimum atomic E-state index is -3.91. The van der Waals surface area contributed by atoms with Gasteiger partial charge in [0.2, 0.25) is 0 Å². The Morgan fingerprint density at radius 1 is 1.43 bits per heavy atom. The fraction of sp³-hybridized carbons (Fsp3) is 0.500. The van der Waals surface area contributed by atoms with E-state index in [0.717, 1.165) is 18.4 Å². The SMILES string of the molecule is CCN(C(=O)COc1ccc(C)cc1S(=O)(=O)Cl)C1CC1. The molecular formula is C14H18ClNO4S. The van der Waals surface area contributed by atoms with Crippen LogP contribution in [0, 0.1) is 6.92 Å². The highest BCUT2D eigenvalue weighted by molar-refractivity contribution is 8.13. The minimum Gasteiger partial charge on any atom is -0.482 e. The molecule has 0 unspecified atom stereocenters. The van der Waals surface area contributed by atoms with Gasteiger partial charge in [0.25, 0.3) is 15.0 Å². The molecule has 0 radical (unpaired) electrons. The summed E-state index contributed by atoms with van der Waals surface area (Å²) < 4.78 is 28.5. The highest BCUT2D eigenvalue weighted by Crippen LogP contribution is 2.29. The van der Waals surface area contributed by atoms with Gasteiger partial charge in [0, 0.05) is 23.3 Å². The number of benzene rings is 1. The summed E-state index contributed by atoms with van der Waals surface area (Å²) in [6.45, 7) is 4.11. The monoisotopic (exact) mass is 331 g/mol. The van der Waals surface area contributed by atoms with Crippen molar-refractivity contribution in [2.45, 2.75) is 37.6 Å². The molecule has 2 rings (SSSR count). The van der Waals surface area contributed by atoms with E-state index in [4.69, 9.17) is 15.4 Å². The Bertz CT molecular complexity index is 640. The molecule has 0 heterocycles. The average molecular weight is 332 g/mol. The van der Waals surface area contributed by atoms with Gasteiger partial charge < -0.3 is 9.64 Å². The highest BCUT2D eigenvalue weighted by Gasteiger charge is 2.31. The van der Waals surface area contributed by atoms with Crippen molar-refractivity contribution in [3.05, 3.63) is 23.8 Å². The fourth-order valence-electron chi connectivity index (χ4n) is 2.17. The Labute approximate surface area is 129 Å². The first kappa shape index (κ1) is 16.1. The molecule has 7 heteroatoms.